The Hall–Kier alpha value is -2.63. The van der Waals surface area contributed by atoms with Gasteiger partial charge >= 0.3 is 0 Å². The van der Waals surface area contributed by atoms with E-state index in [0.717, 1.165) is 6.42 Å². The Bertz CT molecular complexity index is 777. The van der Waals surface area contributed by atoms with Crippen LogP contribution < -0.4 is 27.1 Å². The van der Waals surface area contributed by atoms with Gasteiger partial charge in [-0.2, -0.15) is 0 Å². The van der Waals surface area contributed by atoms with Gasteiger partial charge in [-0.3, -0.25) is 9.59 Å². The molecule has 0 saturated carbocycles. The summed E-state index contributed by atoms with van der Waals surface area (Å²) in [5, 5.41) is 18.9. The molecule has 1 aromatic rings. The molecule has 2 amide bonds. The lowest BCUT2D eigenvalue weighted by molar-refractivity contribution is -0.525. The first kappa shape index (κ1) is 26.4. The number of hydrazine groups is 1. The van der Waals surface area contributed by atoms with Crippen LogP contribution in [-0.2, 0) is 9.59 Å². The zero-order valence-electron chi connectivity index (χ0n) is 16.8. The summed E-state index contributed by atoms with van der Waals surface area (Å²) < 4.78 is 0. The summed E-state index contributed by atoms with van der Waals surface area (Å²) in [6.07, 6.45) is 2.97. The van der Waals surface area contributed by atoms with E-state index in [9.17, 15) is 19.7 Å². The van der Waals surface area contributed by atoms with Crippen molar-refractivity contribution < 1.29 is 14.6 Å². The first-order valence-corrected chi connectivity index (χ1v) is 10.0. The van der Waals surface area contributed by atoms with Crippen LogP contribution in [0.15, 0.2) is 29.3 Å². The summed E-state index contributed by atoms with van der Waals surface area (Å²) >= 11 is 5.83. The Kier molecular flexibility index (Phi) is 11.6. The van der Waals surface area contributed by atoms with Crippen LogP contribution in [0.5, 0.6) is 0 Å². The van der Waals surface area contributed by atoms with E-state index >= 15 is 0 Å². The molecule has 1 aromatic carbocycles. The molecule has 172 valence electrons. The lowest BCUT2D eigenvalue weighted by atomic mass is 10.1. The quantitative estimate of drug-likeness (QED) is 0.111. The van der Waals surface area contributed by atoms with Crippen molar-refractivity contribution in [2.75, 3.05) is 18.4 Å². The van der Waals surface area contributed by atoms with Gasteiger partial charge in [0, 0.05) is 36.3 Å². The van der Waals surface area contributed by atoms with Crippen molar-refractivity contribution in [2.24, 2.45) is 10.7 Å². The van der Waals surface area contributed by atoms with Crippen molar-refractivity contribution in [3.05, 3.63) is 39.4 Å². The van der Waals surface area contributed by atoms with Crippen molar-refractivity contribution in [1.29, 1.82) is 0 Å². The number of nitrogens with zero attached hydrogens (tertiary/aromatic N) is 2. The summed E-state index contributed by atoms with van der Waals surface area (Å²) in [6.45, 7) is 0.882. The molecular formula is C18H27Cl2N7O4. The molecule has 1 saturated heterocycles. The topological polar surface area (TPSA) is 164 Å². The minimum Gasteiger partial charge on any atom is -0.365 e. The molecule has 0 aromatic heterocycles. The average molecular weight is 476 g/mol. The molecular weight excluding hydrogens is 449 g/mol. The number of nitro groups is 1. The highest BCUT2D eigenvalue weighted by Gasteiger charge is 2.30. The Labute approximate surface area is 191 Å². The van der Waals surface area contributed by atoms with Crippen LogP contribution in [0.2, 0.25) is 5.02 Å². The predicted octanol–water partition coefficient (Wildman–Crippen LogP) is 1.20. The van der Waals surface area contributed by atoms with Crippen molar-refractivity contribution in [1.82, 2.24) is 16.1 Å². The largest absolute Gasteiger partial charge is 0.365 e. The number of anilines is 1. The molecule has 0 unspecified atom stereocenters. The fourth-order valence-electron chi connectivity index (χ4n) is 3.01. The predicted molar refractivity (Wildman–Crippen MR) is 121 cm³/mol. The van der Waals surface area contributed by atoms with E-state index in [0.29, 0.717) is 49.5 Å². The lowest BCUT2D eigenvalue weighted by Gasteiger charge is -2.13. The molecule has 2 atom stereocenters. The third-order valence-corrected chi connectivity index (χ3v) is 4.73. The molecule has 11 nitrogen and oxygen atoms in total. The van der Waals surface area contributed by atoms with Gasteiger partial charge in [0.2, 0.25) is 11.8 Å². The third kappa shape index (κ3) is 10.3. The molecule has 1 heterocycles. The first-order valence-electron chi connectivity index (χ1n) is 9.63. The molecule has 0 spiro atoms. The Morgan fingerprint density at radius 3 is 2.65 bits per heavy atom. The van der Waals surface area contributed by atoms with Gasteiger partial charge in [-0.05, 0) is 43.5 Å². The van der Waals surface area contributed by atoms with Crippen molar-refractivity contribution >= 4 is 47.5 Å². The number of nitrogens with two attached hydrogens (primary N) is 1. The fraction of sp³-hybridized carbons (Fsp3) is 0.500. The van der Waals surface area contributed by atoms with Crippen LogP contribution in [-0.4, -0.2) is 48.0 Å². The molecule has 0 radical (unpaired) electrons. The number of aliphatic imine (C=N–C) groups is 1. The zero-order chi connectivity index (χ0) is 21.9. The Balaban J connectivity index is 0.00000480. The number of carbonyl (C=O) groups is 2. The molecule has 31 heavy (non-hydrogen) atoms. The van der Waals surface area contributed by atoms with Gasteiger partial charge < -0.3 is 21.7 Å². The molecule has 0 bridgehead atoms. The van der Waals surface area contributed by atoms with Crippen LogP contribution in [0.1, 0.15) is 32.1 Å². The normalized spacial score (nSPS) is 18.0. The SMILES string of the molecule is Cl.NC(=NCCCCCC(=O)N[C@@H]1CN[C@H](C(=O)Nc2ccc(Cl)cc2)C1)N[N+](=O)[O-]. The van der Waals surface area contributed by atoms with Gasteiger partial charge in [0.05, 0.1) is 6.04 Å². The van der Waals surface area contributed by atoms with Gasteiger partial charge in [0.1, 0.15) is 0 Å². The second-order valence-corrected chi connectivity index (χ2v) is 7.34. The summed E-state index contributed by atoms with van der Waals surface area (Å²) in [4.78, 5) is 38.4. The van der Waals surface area contributed by atoms with E-state index in [1.165, 1.54) is 0 Å². The number of guanidine groups is 1. The Morgan fingerprint density at radius 2 is 1.97 bits per heavy atom. The highest BCUT2D eigenvalue weighted by Crippen LogP contribution is 2.15. The highest BCUT2D eigenvalue weighted by molar-refractivity contribution is 6.30. The molecule has 13 heteroatoms. The highest BCUT2D eigenvalue weighted by atomic mass is 35.5. The molecule has 1 aliphatic heterocycles. The summed E-state index contributed by atoms with van der Waals surface area (Å²) in [6, 6.07) is 6.39. The van der Waals surface area contributed by atoms with E-state index in [1.807, 2.05) is 0 Å². The van der Waals surface area contributed by atoms with Gasteiger partial charge in [-0.25, -0.2) is 15.1 Å². The van der Waals surface area contributed by atoms with Gasteiger partial charge in [0.25, 0.3) is 5.96 Å². The molecule has 6 N–H and O–H groups in total. The minimum atomic E-state index is -0.771. The number of nitrogens with one attached hydrogen (secondary N) is 4. The lowest BCUT2D eigenvalue weighted by Crippen LogP contribution is -2.36. The maximum absolute atomic E-state index is 12.3. The third-order valence-electron chi connectivity index (χ3n) is 4.47. The van der Waals surface area contributed by atoms with E-state index in [4.69, 9.17) is 17.3 Å². The van der Waals surface area contributed by atoms with Crippen molar-refractivity contribution in [2.45, 2.75) is 44.2 Å². The molecule has 2 rings (SSSR count). The molecule has 1 aliphatic rings. The Morgan fingerprint density at radius 1 is 1.26 bits per heavy atom. The number of halogens is 2. The van der Waals surface area contributed by atoms with Gasteiger partial charge in [-0.15, -0.1) is 12.4 Å². The van der Waals surface area contributed by atoms with Crippen molar-refractivity contribution in [3.8, 4) is 0 Å². The van der Waals surface area contributed by atoms with Gasteiger partial charge in [0.15, 0.2) is 5.03 Å². The van der Waals surface area contributed by atoms with Crippen molar-refractivity contribution in [3.63, 3.8) is 0 Å². The van der Waals surface area contributed by atoms with Crippen LogP contribution >= 0.6 is 24.0 Å². The molecule has 1 fully saturated rings. The smallest absolute Gasteiger partial charge is 0.251 e. The molecule has 0 aliphatic carbocycles. The summed E-state index contributed by atoms with van der Waals surface area (Å²) in [7, 11) is 0. The summed E-state index contributed by atoms with van der Waals surface area (Å²) in [5.41, 5.74) is 7.73. The first-order chi connectivity index (χ1) is 14.3. The number of rotatable bonds is 10. The average Bonchev–Trinajstić information content (AvgIpc) is 3.14. The number of hydrogen-bond acceptors (Lipinski definition) is 6. The maximum Gasteiger partial charge on any atom is 0.251 e. The van der Waals surface area contributed by atoms with E-state index < -0.39 is 5.03 Å². The number of unbranched alkanes of at least 4 members (excludes halogenated alkanes) is 2. The van der Waals surface area contributed by atoms with Crippen LogP contribution in [0.25, 0.3) is 0 Å². The fourth-order valence-corrected chi connectivity index (χ4v) is 3.14. The van der Waals surface area contributed by atoms with Crippen LogP contribution in [0, 0.1) is 10.1 Å². The van der Waals surface area contributed by atoms with Crippen LogP contribution in [0.4, 0.5) is 5.69 Å². The standard InChI is InChI=1S/C18H26ClN7O4.ClH/c19-12-5-7-13(8-6-12)24-17(28)15-10-14(11-22-15)23-16(27)4-2-1-3-9-21-18(20)25-26(29)30;/h5-8,14-15,22H,1-4,9-11H2,(H,23,27)(H,24,28)(H3,20,21,25);1H/t14-,15-;/m0./s1. The minimum absolute atomic E-state index is 0. The number of benzene rings is 1. The zero-order valence-corrected chi connectivity index (χ0v) is 18.4. The second-order valence-electron chi connectivity index (χ2n) is 6.90. The van der Waals surface area contributed by atoms with E-state index in [1.54, 1.807) is 29.7 Å². The van der Waals surface area contributed by atoms with E-state index in [2.05, 4.69) is 20.9 Å². The maximum atomic E-state index is 12.3. The monoisotopic (exact) mass is 475 g/mol. The number of hydrogen-bond donors (Lipinski definition) is 5. The van der Waals surface area contributed by atoms with E-state index in [-0.39, 0.29) is 42.3 Å². The number of carbonyl (C=O) groups excluding carboxylic acids is 2. The van der Waals surface area contributed by atoms with Gasteiger partial charge in [-0.1, -0.05) is 23.4 Å². The second kappa shape index (κ2) is 13.6. The van der Waals surface area contributed by atoms with Crippen LogP contribution in [0.3, 0.4) is 0 Å². The summed E-state index contributed by atoms with van der Waals surface area (Å²) in [5.74, 6) is -0.458. The number of amides is 2.